The molecule has 5 nitrogen and oxygen atoms in total. The number of benzene rings is 1. The van der Waals surface area contributed by atoms with Crippen molar-refractivity contribution < 1.29 is 18.3 Å². The standard InChI is InChI=1S/C10H13NO4S/c1-11(9-5-3-2-4-6-9)16(14,15)8-7-10(12)13/h2-6H,7-8H2,1H3,(H,12,13). The Balaban J connectivity index is 2.81. The van der Waals surface area contributed by atoms with E-state index in [4.69, 9.17) is 5.11 Å². The van der Waals surface area contributed by atoms with Crippen LogP contribution in [-0.2, 0) is 14.8 Å². The van der Waals surface area contributed by atoms with E-state index in [2.05, 4.69) is 0 Å². The number of sulfonamides is 1. The van der Waals surface area contributed by atoms with Crippen molar-refractivity contribution in [3.8, 4) is 0 Å². The topological polar surface area (TPSA) is 74.7 Å². The largest absolute Gasteiger partial charge is 0.481 e. The molecule has 6 heteroatoms. The normalized spacial score (nSPS) is 11.1. The van der Waals surface area contributed by atoms with Gasteiger partial charge in [0.25, 0.3) is 0 Å². The van der Waals surface area contributed by atoms with Crippen LogP contribution in [0, 0.1) is 0 Å². The van der Waals surface area contributed by atoms with Crippen molar-refractivity contribution >= 4 is 21.7 Å². The van der Waals surface area contributed by atoms with Crippen LogP contribution in [0.2, 0.25) is 0 Å². The molecule has 0 bridgehead atoms. The fraction of sp³-hybridized carbons (Fsp3) is 0.300. The molecule has 1 rings (SSSR count). The minimum atomic E-state index is -3.56. The van der Waals surface area contributed by atoms with Crippen LogP contribution in [0.1, 0.15) is 6.42 Å². The van der Waals surface area contributed by atoms with E-state index in [9.17, 15) is 13.2 Å². The summed E-state index contributed by atoms with van der Waals surface area (Å²) in [5.41, 5.74) is 0.521. The van der Waals surface area contributed by atoms with Gasteiger partial charge in [0.2, 0.25) is 10.0 Å². The van der Waals surface area contributed by atoms with E-state index < -0.39 is 21.7 Å². The van der Waals surface area contributed by atoms with E-state index >= 15 is 0 Å². The number of carbonyl (C=O) groups is 1. The van der Waals surface area contributed by atoms with E-state index in [1.807, 2.05) is 0 Å². The van der Waals surface area contributed by atoms with Crippen molar-refractivity contribution in [2.75, 3.05) is 17.1 Å². The molecule has 0 amide bonds. The molecule has 0 saturated heterocycles. The first-order chi connectivity index (χ1) is 7.43. The zero-order chi connectivity index (χ0) is 12.2. The Morgan fingerprint density at radius 1 is 1.31 bits per heavy atom. The van der Waals surface area contributed by atoms with E-state index in [0.29, 0.717) is 5.69 Å². The number of carboxylic acids is 1. The molecule has 88 valence electrons. The first-order valence-corrected chi connectivity index (χ1v) is 6.28. The molecular formula is C10H13NO4S. The van der Waals surface area contributed by atoms with Gasteiger partial charge in [0, 0.05) is 7.05 Å². The highest BCUT2D eigenvalue weighted by Crippen LogP contribution is 2.15. The van der Waals surface area contributed by atoms with Gasteiger partial charge in [-0.1, -0.05) is 18.2 Å². The second-order valence-electron chi connectivity index (χ2n) is 3.26. The molecule has 0 aliphatic rings. The smallest absolute Gasteiger partial charge is 0.304 e. The molecule has 1 N–H and O–H groups in total. The third kappa shape index (κ3) is 3.23. The van der Waals surface area contributed by atoms with Crippen LogP contribution in [0.25, 0.3) is 0 Å². The molecule has 0 saturated carbocycles. The zero-order valence-corrected chi connectivity index (χ0v) is 9.64. The van der Waals surface area contributed by atoms with E-state index in [1.54, 1.807) is 30.3 Å². The number of nitrogens with zero attached hydrogens (tertiary/aromatic N) is 1. The van der Waals surface area contributed by atoms with Crippen molar-refractivity contribution in [1.82, 2.24) is 0 Å². The first kappa shape index (κ1) is 12.5. The Kier molecular flexibility index (Phi) is 3.89. The summed E-state index contributed by atoms with van der Waals surface area (Å²) >= 11 is 0. The van der Waals surface area contributed by atoms with Crippen LogP contribution in [-0.4, -0.2) is 32.3 Å². The molecule has 1 aromatic rings. The van der Waals surface area contributed by atoms with Gasteiger partial charge in [-0.3, -0.25) is 9.10 Å². The summed E-state index contributed by atoms with van der Waals surface area (Å²) in [7, 11) is -2.15. The number of aliphatic carboxylic acids is 1. The molecule has 1 aromatic carbocycles. The van der Waals surface area contributed by atoms with Crippen LogP contribution in [0.5, 0.6) is 0 Å². The minimum absolute atomic E-state index is 0.389. The average molecular weight is 243 g/mol. The van der Waals surface area contributed by atoms with Crippen LogP contribution in [0.4, 0.5) is 5.69 Å². The Morgan fingerprint density at radius 2 is 1.88 bits per heavy atom. The van der Waals surface area contributed by atoms with Crippen molar-refractivity contribution in [2.24, 2.45) is 0 Å². The van der Waals surface area contributed by atoms with Gasteiger partial charge in [-0.25, -0.2) is 8.42 Å². The quantitative estimate of drug-likeness (QED) is 0.834. The van der Waals surface area contributed by atoms with Gasteiger partial charge in [0.05, 0.1) is 17.9 Å². The third-order valence-electron chi connectivity index (χ3n) is 2.11. The predicted molar refractivity (Wildman–Crippen MR) is 60.9 cm³/mol. The number of rotatable bonds is 5. The molecule has 0 atom stereocenters. The second-order valence-corrected chi connectivity index (χ2v) is 5.38. The molecule has 0 heterocycles. The minimum Gasteiger partial charge on any atom is -0.481 e. The average Bonchev–Trinajstić information content (AvgIpc) is 2.27. The summed E-state index contributed by atoms with van der Waals surface area (Å²) in [4.78, 5) is 10.3. The maximum atomic E-state index is 11.7. The SMILES string of the molecule is CN(c1ccccc1)S(=O)(=O)CCC(=O)O. The Hall–Kier alpha value is -1.56. The van der Waals surface area contributed by atoms with Crippen LogP contribution >= 0.6 is 0 Å². The van der Waals surface area contributed by atoms with Gasteiger partial charge in [-0.05, 0) is 12.1 Å². The summed E-state index contributed by atoms with van der Waals surface area (Å²) < 4.78 is 24.5. The van der Waals surface area contributed by atoms with Gasteiger partial charge >= 0.3 is 5.97 Å². The lowest BCUT2D eigenvalue weighted by Crippen LogP contribution is -2.29. The maximum absolute atomic E-state index is 11.7. The van der Waals surface area contributed by atoms with Crippen molar-refractivity contribution in [2.45, 2.75) is 6.42 Å². The third-order valence-corrected chi connectivity index (χ3v) is 3.88. The Labute approximate surface area is 94.4 Å². The fourth-order valence-corrected chi connectivity index (χ4v) is 2.30. The highest BCUT2D eigenvalue weighted by atomic mass is 32.2. The van der Waals surface area contributed by atoms with E-state index in [-0.39, 0.29) is 6.42 Å². The van der Waals surface area contributed by atoms with E-state index in [0.717, 1.165) is 4.31 Å². The lowest BCUT2D eigenvalue weighted by molar-refractivity contribution is -0.136. The summed E-state index contributed by atoms with van der Waals surface area (Å²) in [6.45, 7) is 0. The van der Waals surface area contributed by atoms with E-state index in [1.165, 1.54) is 7.05 Å². The number of carboxylic acid groups (broad SMARTS) is 1. The van der Waals surface area contributed by atoms with Gasteiger partial charge in [0.1, 0.15) is 0 Å². The summed E-state index contributed by atoms with van der Waals surface area (Å²) in [5, 5.41) is 8.45. The van der Waals surface area contributed by atoms with Gasteiger partial charge < -0.3 is 5.11 Å². The summed E-state index contributed by atoms with van der Waals surface area (Å²) in [6, 6.07) is 8.52. The molecule has 0 aliphatic heterocycles. The van der Waals surface area contributed by atoms with Crippen LogP contribution in [0.15, 0.2) is 30.3 Å². The molecule has 0 unspecified atom stereocenters. The lowest BCUT2D eigenvalue weighted by atomic mass is 10.3. The van der Waals surface area contributed by atoms with Crippen molar-refractivity contribution in [3.05, 3.63) is 30.3 Å². The molecule has 0 radical (unpaired) electrons. The molecule has 16 heavy (non-hydrogen) atoms. The zero-order valence-electron chi connectivity index (χ0n) is 8.83. The number of hydrogen-bond donors (Lipinski definition) is 1. The van der Waals surface area contributed by atoms with Crippen LogP contribution < -0.4 is 4.31 Å². The van der Waals surface area contributed by atoms with Gasteiger partial charge in [-0.2, -0.15) is 0 Å². The predicted octanol–water partition coefficient (Wildman–Crippen LogP) is 0.927. The van der Waals surface area contributed by atoms with Crippen molar-refractivity contribution in [3.63, 3.8) is 0 Å². The molecule has 0 spiro atoms. The Bertz CT molecular complexity index is 455. The highest BCUT2D eigenvalue weighted by Gasteiger charge is 2.19. The fourth-order valence-electron chi connectivity index (χ4n) is 1.15. The van der Waals surface area contributed by atoms with Crippen molar-refractivity contribution in [1.29, 1.82) is 0 Å². The van der Waals surface area contributed by atoms with Gasteiger partial charge in [0.15, 0.2) is 0 Å². The second kappa shape index (κ2) is 4.98. The van der Waals surface area contributed by atoms with Gasteiger partial charge in [-0.15, -0.1) is 0 Å². The highest BCUT2D eigenvalue weighted by molar-refractivity contribution is 7.92. The molecule has 0 fully saturated rings. The number of hydrogen-bond acceptors (Lipinski definition) is 3. The molecular weight excluding hydrogens is 230 g/mol. The molecule has 0 aliphatic carbocycles. The number of para-hydroxylation sites is 1. The monoisotopic (exact) mass is 243 g/mol. The maximum Gasteiger partial charge on any atom is 0.304 e. The summed E-state index contributed by atoms with van der Waals surface area (Å²) in [6.07, 6.45) is -0.389. The molecule has 0 aromatic heterocycles. The Morgan fingerprint density at radius 3 is 2.38 bits per heavy atom. The number of anilines is 1. The lowest BCUT2D eigenvalue weighted by Gasteiger charge is -2.18. The summed E-state index contributed by atoms with van der Waals surface area (Å²) in [5.74, 6) is -1.52. The first-order valence-electron chi connectivity index (χ1n) is 4.67. The van der Waals surface area contributed by atoms with Crippen LogP contribution in [0.3, 0.4) is 0 Å².